The molecule has 0 amide bonds. The van der Waals surface area contributed by atoms with Crippen LogP contribution in [0.4, 0.5) is 0 Å². The van der Waals surface area contributed by atoms with E-state index in [2.05, 4.69) is 10.4 Å². The average molecular weight is 260 g/mol. The number of hydrazine groups is 1. The van der Waals surface area contributed by atoms with Crippen molar-refractivity contribution in [2.24, 2.45) is 5.84 Å². The molecular weight excluding hydrogens is 240 g/mol. The first-order chi connectivity index (χ1) is 7.90. The van der Waals surface area contributed by atoms with E-state index >= 15 is 0 Å². The van der Waals surface area contributed by atoms with Crippen LogP contribution in [0, 0.1) is 0 Å². The highest BCUT2D eigenvalue weighted by Crippen LogP contribution is 2.10. The highest BCUT2D eigenvalue weighted by atomic mass is 32.2. The second kappa shape index (κ2) is 5.61. The Labute approximate surface area is 102 Å². The van der Waals surface area contributed by atoms with E-state index in [0.29, 0.717) is 6.42 Å². The van der Waals surface area contributed by atoms with Crippen LogP contribution in [0.25, 0.3) is 0 Å². The zero-order valence-corrected chi connectivity index (χ0v) is 11.2. The van der Waals surface area contributed by atoms with Crippen molar-refractivity contribution < 1.29 is 8.42 Å². The summed E-state index contributed by atoms with van der Waals surface area (Å²) in [6.07, 6.45) is 5.28. The van der Waals surface area contributed by atoms with E-state index in [1.807, 2.05) is 17.7 Å². The van der Waals surface area contributed by atoms with E-state index in [0.717, 1.165) is 12.4 Å². The van der Waals surface area contributed by atoms with Crippen molar-refractivity contribution in [3.05, 3.63) is 18.2 Å². The summed E-state index contributed by atoms with van der Waals surface area (Å²) in [5.74, 6) is 6.27. The van der Waals surface area contributed by atoms with Gasteiger partial charge in [-0.3, -0.25) is 11.3 Å². The Morgan fingerprint density at radius 1 is 1.59 bits per heavy atom. The van der Waals surface area contributed by atoms with E-state index < -0.39 is 15.1 Å². The molecule has 17 heavy (non-hydrogen) atoms. The number of hydrogen-bond donors (Lipinski definition) is 2. The Morgan fingerprint density at radius 3 is 2.71 bits per heavy atom. The van der Waals surface area contributed by atoms with Gasteiger partial charge >= 0.3 is 0 Å². The number of sulfone groups is 1. The van der Waals surface area contributed by atoms with Gasteiger partial charge in [-0.2, -0.15) is 0 Å². The summed E-state index contributed by atoms with van der Waals surface area (Å²) in [6, 6.07) is -0.335. The van der Waals surface area contributed by atoms with Crippen LogP contribution in [0.15, 0.2) is 12.4 Å². The molecule has 7 heteroatoms. The highest BCUT2D eigenvalue weighted by Gasteiger charge is 2.26. The van der Waals surface area contributed by atoms with E-state index in [-0.39, 0.29) is 6.04 Å². The van der Waals surface area contributed by atoms with Crippen molar-refractivity contribution >= 4 is 9.84 Å². The number of hydrogen-bond acceptors (Lipinski definition) is 5. The Bertz CT molecular complexity index is 455. The molecule has 1 heterocycles. The molecule has 1 aromatic heterocycles. The second-order valence-electron chi connectivity index (χ2n) is 4.14. The van der Waals surface area contributed by atoms with Gasteiger partial charge in [0.2, 0.25) is 0 Å². The van der Waals surface area contributed by atoms with Crippen molar-refractivity contribution in [1.82, 2.24) is 15.0 Å². The van der Waals surface area contributed by atoms with Crippen LogP contribution >= 0.6 is 0 Å². The molecule has 0 aliphatic heterocycles. The summed E-state index contributed by atoms with van der Waals surface area (Å²) in [5.41, 5.74) is 2.57. The number of nitrogens with one attached hydrogen (secondary N) is 1. The van der Waals surface area contributed by atoms with Gasteiger partial charge < -0.3 is 4.57 Å². The molecule has 0 fully saturated rings. The third-order valence-electron chi connectivity index (χ3n) is 3.00. The molecule has 0 saturated carbocycles. The van der Waals surface area contributed by atoms with Crippen LogP contribution in [-0.4, -0.2) is 35.5 Å². The number of imidazole rings is 1. The highest BCUT2D eigenvalue weighted by molar-refractivity contribution is 7.91. The van der Waals surface area contributed by atoms with Gasteiger partial charge in [-0.05, 0) is 13.8 Å². The fourth-order valence-corrected chi connectivity index (χ4v) is 2.44. The molecule has 0 aliphatic carbocycles. The number of nitrogens with two attached hydrogens (primary N) is 1. The van der Waals surface area contributed by atoms with Crippen LogP contribution in [0.2, 0.25) is 0 Å². The van der Waals surface area contributed by atoms with Crippen molar-refractivity contribution in [2.75, 3.05) is 6.26 Å². The summed E-state index contributed by atoms with van der Waals surface area (Å²) in [7, 11) is -3.12. The van der Waals surface area contributed by atoms with Crippen molar-refractivity contribution in [3.63, 3.8) is 0 Å². The number of aryl methyl sites for hydroxylation is 1. The summed E-state index contributed by atoms with van der Waals surface area (Å²) >= 11 is 0. The Morgan fingerprint density at radius 2 is 2.24 bits per heavy atom. The zero-order chi connectivity index (χ0) is 13.1. The minimum Gasteiger partial charge on any atom is -0.335 e. The SMILES string of the molecule is CCn1ccnc1CC(NN)C(C)S(C)(=O)=O. The van der Waals surface area contributed by atoms with E-state index in [4.69, 9.17) is 5.84 Å². The first-order valence-corrected chi connectivity index (χ1v) is 7.50. The number of aromatic nitrogens is 2. The normalized spacial score (nSPS) is 15.8. The van der Waals surface area contributed by atoms with Crippen LogP contribution < -0.4 is 11.3 Å². The van der Waals surface area contributed by atoms with Crippen LogP contribution in [0.3, 0.4) is 0 Å². The van der Waals surface area contributed by atoms with Gasteiger partial charge in [-0.1, -0.05) is 0 Å². The fraction of sp³-hybridized carbons (Fsp3) is 0.700. The minimum absolute atomic E-state index is 0.335. The number of rotatable bonds is 6. The third kappa shape index (κ3) is 3.52. The van der Waals surface area contributed by atoms with Gasteiger partial charge in [0.05, 0.1) is 5.25 Å². The van der Waals surface area contributed by atoms with E-state index in [1.54, 1.807) is 13.1 Å². The zero-order valence-electron chi connectivity index (χ0n) is 10.4. The molecule has 98 valence electrons. The molecule has 0 saturated heterocycles. The first-order valence-electron chi connectivity index (χ1n) is 5.55. The van der Waals surface area contributed by atoms with Crippen molar-refractivity contribution in [1.29, 1.82) is 0 Å². The lowest BCUT2D eigenvalue weighted by Crippen LogP contribution is -2.47. The predicted molar refractivity (Wildman–Crippen MR) is 67.0 cm³/mol. The standard InChI is InChI=1S/C10H20N4O2S/c1-4-14-6-5-12-10(14)7-9(13-11)8(2)17(3,15)16/h5-6,8-9,13H,4,7,11H2,1-3H3. The monoisotopic (exact) mass is 260 g/mol. The maximum atomic E-state index is 11.5. The summed E-state index contributed by atoms with van der Waals surface area (Å²) in [6.45, 7) is 4.47. The first kappa shape index (κ1) is 14.1. The number of nitrogens with zero attached hydrogens (tertiary/aromatic N) is 2. The molecule has 6 nitrogen and oxygen atoms in total. The molecule has 0 radical (unpaired) electrons. The molecule has 0 spiro atoms. The minimum atomic E-state index is -3.12. The van der Waals surface area contributed by atoms with Crippen LogP contribution in [0.5, 0.6) is 0 Å². The third-order valence-corrected chi connectivity index (χ3v) is 4.68. The lowest BCUT2D eigenvalue weighted by Gasteiger charge is -2.21. The van der Waals surface area contributed by atoms with Gasteiger partial charge in [0.15, 0.2) is 9.84 Å². The summed E-state index contributed by atoms with van der Waals surface area (Å²) < 4.78 is 25.0. The van der Waals surface area contributed by atoms with Crippen molar-refractivity contribution in [2.45, 2.75) is 38.1 Å². The summed E-state index contributed by atoms with van der Waals surface area (Å²) in [5, 5.41) is -0.547. The van der Waals surface area contributed by atoms with Gasteiger partial charge in [0.1, 0.15) is 5.82 Å². The molecular formula is C10H20N4O2S. The van der Waals surface area contributed by atoms with Gasteiger partial charge in [-0.25, -0.2) is 13.4 Å². The van der Waals surface area contributed by atoms with Gasteiger partial charge in [0, 0.05) is 37.7 Å². The Hall–Kier alpha value is -0.920. The topological polar surface area (TPSA) is 90.0 Å². The molecule has 0 bridgehead atoms. The predicted octanol–water partition coefficient (Wildman–Crippen LogP) is -0.289. The maximum Gasteiger partial charge on any atom is 0.151 e. The molecule has 2 unspecified atom stereocenters. The quantitative estimate of drug-likeness (QED) is 0.542. The lowest BCUT2D eigenvalue weighted by molar-refractivity contribution is 0.478. The maximum absolute atomic E-state index is 11.5. The molecule has 0 aliphatic rings. The molecule has 1 rings (SSSR count). The lowest BCUT2D eigenvalue weighted by atomic mass is 10.1. The van der Waals surface area contributed by atoms with Gasteiger partial charge in [-0.15, -0.1) is 0 Å². The Balaban J connectivity index is 2.84. The van der Waals surface area contributed by atoms with Crippen LogP contribution in [0.1, 0.15) is 19.7 Å². The average Bonchev–Trinajstić information content (AvgIpc) is 2.70. The molecule has 2 atom stereocenters. The largest absolute Gasteiger partial charge is 0.335 e. The summed E-state index contributed by atoms with van der Waals surface area (Å²) in [4.78, 5) is 4.21. The fourth-order valence-electron chi connectivity index (χ4n) is 1.67. The Kier molecular flexibility index (Phi) is 4.67. The van der Waals surface area contributed by atoms with Crippen LogP contribution in [-0.2, 0) is 22.8 Å². The van der Waals surface area contributed by atoms with Crippen molar-refractivity contribution in [3.8, 4) is 0 Å². The molecule has 3 N–H and O–H groups in total. The molecule has 0 aromatic carbocycles. The van der Waals surface area contributed by atoms with Gasteiger partial charge in [0.25, 0.3) is 0 Å². The molecule has 1 aromatic rings. The van der Waals surface area contributed by atoms with E-state index in [9.17, 15) is 8.42 Å². The smallest absolute Gasteiger partial charge is 0.151 e. The van der Waals surface area contributed by atoms with E-state index in [1.165, 1.54) is 6.26 Å². The second-order valence-corrected chi connectivity index (χ2v) is 6.54.